The van der Waals surface area contributed by atoms with E-state index in [0.717, 1.165) is 25.8 Å². The number of carbonyl (C=O) groups is 1. The molecule has 0 bridgehead atoms. The summed E-state index contributed by atoms with van der Waals surface area (Å²) in [6.07, 6.45) is 3.70. The van der Waals surface area contributed by atoms with Crippen molar-refractivity contribution in [2.24, 2.45) is 0 Å². The molecule has 0 fully saturated rings. The summed E-state index contributed by atoms with van der Waals surface area (Å²) in [5.41, 5.74) is 2.51. The van der Waals surface area contributed by atoms with E-state index >= 15 is 0 Å². The maximum Gasteiger partial charge on any atom is 0.408 e. The number of para-hydroxylation sites is 1. The van der Waals surface area contributed by atoms with Crippen LogP contribution in [-0.2, 0) is 4.74 Å². The van der Waals surface area contributed by atoms with Crippen molar-refractivity contribution < 1.29 is 9.53 Å². The molecule has 1 amide bonds. The normalized spacial score (nSPS) is 18.6. The minimum atomic E-state index is -0.555. The fraction of sp³-hybridized carbons (Fsp3) is 0.286. The number of halogens is 2. The number of benzene rings is 2. The van der Waals surface area contributed by atoms with Crippen LogP contribution < -0.4 is 10.6 Å². The number of nitrogens with one attached hydrogen (secondary N) is 2. The van der Waals surface area contributed by atoms with Crippen LogP contribution in [0.2, 0.25) is 0 Å². The molecule has 0 heterocycles. The third kappa shape index (κ3) is 5.14. The van der Waals surface area contributed by atoms with E-state index in [4.69, 9.17) is 4.74 Å². The second-order valence-electron chi connectivity index (χ2n) is 7.41. The van der Waals surface area contributed by atoms with Crippen LogP contribution in [0.5, 0.6) is 0 Å². The Kier molecular flexibility index (Phi) is 5.96. The predicted octanol–water partition coefficient (Wildman–Crippen LogP) is 6.28. The molecule has 2 aromatic rings. The second kappa shape index (κ2) is 8.07. The van der Waals surface area contributed by atoms with Crippen LogP contribution in [-0.4, -0.2) is 17.7 Å². The van der Waals surface area contributed by atoms with E-state index in [9.17, 15) is 4.79 Å². The first kappa shape index (κ1) is 20.0. The zero-order valence-corrected chi connectivity index (χ0v) is 18.6. The molecule has 3 rings (SSSR count). The molecule has 6 heteroatoms. The van der Waals surface area contributed by atoms with Gasteiger partial charge in [-0.15, -0.1) is 0 Å². The number of ether oxygens (including phenoxy) is 1. The molecule has 4 nitrogen and oxygen atoms in total. The Balaban J connectivity index is 1.92. The van der Waals surface area contributed by atoms with Crippen LogP contribution >= 0.6 is 31.9 Å². The number of carbonyl (C=O) groups excluding carboxylic acids is 1. The lowest BCUT2D eigenvalue weighted by Gasteiger charge is -2.33. The van der Waals surface area contributed by atoms with Crippen molar-refractivity contribution in [1.29, 1.82) is 0 Å². The van der Waals surface area contributed by atoms with Gasteiger partial charge in [-0.2, -0.15) is 0 Å². The molecule has 0 aromatic heterocycles. The van der Waals surface area contributed by atoms with Gasteiger partial charge in [-0.1, -0.05) is 30.4 Å². The van der Waals surface area contributed by atoms with Gasteiger partial charge in [0.15, 0.2) is 0 Å². The fourth-order valence-electron chi connectivity index (χ4n) is 2.96. The Morgan fingerprint density at radius 1 is 1.07 bits per heavy atom. The first-order valence-electron chi connectivity index (χ1n) is 8.71. The van der Waals surface area contributed by atoms with E-state index < -0.39 is 11.7 Å². The summed E-state index contributed by atoms with van der Waals surface area (Å²) in [5, 5.41) is 6.53. The molecule has 0 aliphatic heterocycles. The summed E-state index contributed by atoms with van der Waals surface area (Å²) in [5.74, 6) is 0. The lowest BCUT2D eigenvalue weighted by Crippen LogP contribution is -2.43. The van der Waals surface area contributed by atoms with E-state index in [1.54, 1.807) is 0 Å². The highest BCUT2D eigenvalue weighted by Crippen LogP contribution is 2.36. The summed E-state index contributed by atoms with van der Waals surface area (Å²) in [6.45, 7) is 5.57. The largest absolute Gasteiger partial charge is 0.444 e. The Hall–Kier alpha value is -1.79. The van der Waals surface area contributed by atoms with Crippen molar-refractivity contribution in [3.05, 3.63) is 68.6 Å². The number of alkyl carbamates (subject to hydrolysis) is 1. The summed E-state index contributed by atoms with van der Waals surface area (Å²) >= 11 is 7.11. The second-order valence-corrected chi connectivity index (χ2v) is 9.12. The topological polar surface area (TPSA) is 50.4 Å². The van der Waals surface area contributed by atoms with Gasteiger partial charge in [-0.3, -0.25) is 0 Å². The van der Waals surface area contributed by atoms with Gasteiger partial charge in [0.05, 0.1) is 12.1 Å². The number of anilines is 1. The number of fused-ring (bicyclic) bond motifs is 1. The van der Waals surface area contributed by atoms with Crippen LogP contribution in [0.1, 0.15) is 37.9 Å². The molecule has 0 spiro atoms. The van der Waals surface area contributed by atoms with Gasteiger partial charge in [0.1, 0.15) is 5.60 Å². The van der Waals surface area contributed by atoms with E-state index in [1.807, 2.05) is 63.2 Å². The van der Waals surface area contributed by atoms with Crippen LogP contribution in [0.25, 0.3) is 6.08 Å². The molecular weight excluding hydrogens is 472 g/mol. The fourth-order valence-corrected chi connectivity index (χ4v) is 3.69. The Labute approximate surface area is 176 Å². The van der Waals surface area contributed by atoms with Crippen molar-refractivity contribution in [2.75, 3.05) is 5.32 Å². The van der Waals surface area contributed by atoms with E-state index in [-0.39, 0.29) is 12.1 Å². The van der Waals surface area contributed by atoms with Crippen molar-refractivity contribution >= 4 is 49.7 Å². The molecule has 142 valence electrons. The molecule has 1 aliphatic rings. The average Bonchev–Trinajstić information content (AvgIpc) is 2.58. The Morgan fingerprint density at radius 2 is 1.74 bits per heavy atom. The maximum atomic E-state index is 12.5. The molecule has 2 N–H and O–H groups in total. The smallest absolute Gasteiger partial charge is 0.408 e. The standard InChI is InChI=1S/C21H22Br2N2O2/c1-21(2,3)27-20(26)25-19-15-12-17(23)16(22)11-13(15)9-10-18(19)24-14-7-5-4-6-8-14/h4-12,18-19,24H,1-3H3,(H,25,26)/t18-,19-/m0/s1. The highest BCUT2D eigenvalue weighted by molar-refractivity contribution is 9.13. The number of hydrogen-bond donors (Lipinski definition) is 2. The van der Waals surface area contributed by atoms with Crippen LogP contribution in [0.15, 0.2) is 57.5 Å². The SMILES string of the molecule is CC(C)(C)OC(=O)N[C@H]1c2cc(Br)c(Br)cc2C=C[C@@H]1Nc1ccccc1. The lowest BCUT2D eigenvalue weighted by atomic mass is 9.89. The first-order valence-corrected chi connectivity index (χ1v) is 10.3. The summed E-state index contributed by atoms with van der Waals surface area (Å²) in [4.78, 5) is 12.5. The van der Waals surface area contributed by atoms with Crippen molar-refractivity contribution in [1.82, 2.24) is 5.32 Å². The van der Waals surface area contributed by atoms with Crippen molar-refractivity contribution in [2.45, 2.75) is 38.5 Å². The van der Waals surface area contributed by atoms with Crippen LogP contribution in [0, 0.1) is 0 Å². The highest BCUT2D eigenvalue weighted by atomic mass is 79.9. The van der Waals surface area contributed by atoms with Gasteiger partial charge in [0, 0.05) is 14.6 Å². The zero-order valence-electron chi connectivity index (χ0n) is 15.4. The summed E-state index contributed by atoms with van der Waals surface area (Å²) in [7, 11) is 0. The first-order chi connectivity index (χ1) is 12.7. The van der Waals surface area contributed by atoms with Gasteiger partial charge in [0.2, 0.25) is 0 Å². The molecule has 27 heavy (non-hydrogen) atoms. The third-order valence-electron chi connectivity index (χ3n) is 4.08. The molecule has 1 aliphatic carbocycles. The summed E-state index contributed by atoms with van der Waals surface area (Å²) in [6, 6.07) is 13.6. The predicted molar refractivity (Wildman–Crippen MR) is 117 cm³/mol. The lowest BCUT2D eigenvalue weighted by molar-refractivity contribution is 0.0501. The molecule has 2 atom stereocenters. The maximum absolute atomic E-state index is 12.5. The third-order valence-corrected chi connectivity index (χ3v) is 5.93. The zero-order chi connectivity index (χ0) is 19.6. The van der Waals surface area contributed by atoms with E-state index in [1.165, 1.54) is 0 Å². The highest BCUT2D eigenvalue weighted by Gasteiger charge is 2.30. The molecule has 0 unspecified atom stereocenters. The van der Waals surface area contributed by atoms with E-state index in [2.05, 4.69) is 54.6 Å². The van der Waals surface area contributed by atoms with Crippen molar-refractivity contribution in [3.8, 4) is 0 Å². The average molecular weight is 494 g/mol. The quantitative estimate of drug-likeness (QED) is 0.528. The monoisotopic (exact) mass is 492 g/mol. The minimum absolute atomic E-state index is 0.111. The van der Waals surface area contributed by atoms with Crippen LogP contribution in [0.4, 0.5) is 10.5 Å². The molecule has 2 aromatic carbocycles. The Bertz CT molecular complexity index is 860. The molecular formula is C21H22Br2N2O2. The molecule has 0 saturated carbocycles. The van der Waals surface area contributed by atoms with Gasteiger partial charge in [-0.25, -0.2) is 4.79 Å². The van der Waals surface area contributed by atoms with Gasteiger partial charge >= 0.3 is 6.09 Å². The number of rotatable bonds is 3. The number of hydrogen-bond acceptors (Lipinski definition) is 3. The van der Waals surface area contributed by atoms with Gasteiger partial charge < -0.3 is 15.4 Å². The summed E-state index contributed by atoms with van der Waals surface area (Å²) < 4.78 is 7.39. The Morgan fingerprint density at radius 3 is 2.41 bits per heavy atom. The van der Waals surface area contributed by atoms with Gasteiger partial charge in [0.25, 0.3) is 0 Å². The molecule has 0 radical (unpaired) electrons. The molecule has 0 saturated heterocycles. The van der Waals surface area contributed by atoms with Crippen LogP contribution in [0.3, 0.4) is 0 Å². The van der Waals surface area contributed by atoms with Crippen molar-refractivity contribution in [3.63, 3.8) is 0 Å². The minimum Gasteiger partial charge on any atom is -0.444 e. The van der Waals surface area contributed by atoms with E-state index in [0.29, 0.717) is 0 Å². The van der Waals surface area contributed by atoms with Gasteiger partial charge in [-0.05, 0) is 88.0 Å². The number of amides is 1.